The summed E-state index contributed by atoms with van der Waals surface area (Å²) in [6, 6.07) is 0. The van der Waals surface area contributed by atoms with E-state index in [0.717, 1.165) is 0 Å². The van der Waals surface area contributed by atoms with Crippen LogP contribution < -0.4 is 0 Å². The third-order valence-electron chi connectivity index (χ3n) is 7.90. The number of thioether (sulfide) groups is 1. The molecule has 0 saturated heterocycles. The molecule has 5 rings (SSSR count). The van der Waals surface area contributed by atoms with Crippen molar-refractivity contribution >= 4 is 11.8 Å². The van der Waals surface area contributed by atoms with Gasteiger partial charge in [0.1, 0.15) is 9.74 Å². The molecule has 0 unspecified atom stereocenters. The van der Waals surface area contributed by atoms with Crippen molar-refractivity contribution < 1.29 is 0 Å². The Morgan fingerprint density at radius 1 is 0.524 bits per heavy atom. The van der Waals surface area contributed by atoms with E-state index in [1.165, 1.54) is 51.4 Å². The molecule has 0 radical (unpaired) electrons. The first kappa shape index (κ1) is 13.4. The van der Waals surface area contributed by atoms with Crippen LogP contribution in [0.25, 0.3) is 0 Å². The van der Waals surface area contributed by atoms with Crippen LogP contribution in [0.1, 0.15) is 79.1 Å². The van der Waals surface area contributed by atoms with Crippen LogP contribution in [-0.2, 0) is 0 Å². The molecule has 0 aromatic carbocycles. The van der Waals surface area contributed by atoms with E-state index in [2.05, 4.69) is 39.5 Å². The largest absolute Gasteiger partial charge is 0.174 e. The fraction of sp³-hybridized carbons (Fsp3) is 1.00. The van der Waals surface area contributed by atoms with Gasteiger partial charge in [-0.2, -0.15) is 10.2 Å². The van der Waals surface area contributed by atoms with Crippen molar-refractivity contribution in [3.8, 4) is 0 Å². The van der Waals surface area contributed by atoms with E-state index in [1.54, 1.807) is 0 Å². The highest BCUT2D eigenvalue weighted by molar-refractivity contribution is 8.02. The smallest absolute Gasteiger partial charge is 0.140 e. The van der Waals surface area contributed by atoms with Crippen LogP contribution in [0.15, 0.2) is 10.2 Å². The maximum atomic E-state index is 5.19. The van der Waals surface area contributed by atoms with Gasteiger partial charge >= 0.3 is 0 Å². The summed E-state index contributed by atoms with van der Waals surface area (Å²) in [5, 5.41) is 10.4. The molecule has 21 heavy (non-hydrogen) atoms. The van der Waals surface area contributed by atoms with Crippen molar-refractivity contribution in [3.63, 3.8) is 0 Å². The average Bonchev–Trinajstić information content (AvgIpc) is 3.26. The summed E-state index contributed by atoms with van der Waals surface area (Å²) in [7, 11) is 0. The summed E-state index contributed by atoms with van der Waals surface area (Å²) in [6.07, 6.45) is 10.9. The molecular formula is C18H28N2S. The first-order chi connectivity index (χ1) is 9.74. The number of rotatable bonds is 4. The first-order valence-electron chi connectivity index (χ1n) is 8.88. The molecule has 0 N–H and O–H groups in total. The van der Waals surface area contributed by atoms with E-state index in [-0.39, 0.29) is 9.74 Å². The summed E-state index contributed by atoms with van der Waals surface area (Å²) in [4.78, 5) is 0.189. The fourth-order valence-electron chi connectivity index (χ4n) is 4.93. The monoisotopic (exact) mass is 304 g/mol. The molecule has 2 nitrogen and oxygen atoms in total. The zero-order valence-electron chi connectivity index (χ0n) is 14.0. The lowest BCUT2D eigenvalue weighted by molar-refractivity contribution is 0.257. The van der Waals surface area contributed by atoms with Crippen LogP contribution in [0.5, 0.6) is 0 Å². The van der Waals surface area contributed by atoms with Crippen molar-refractivity contribution in [3.05, 3.63) is 0 Å². The second kappa shape index (κ2) is 3.25. The van der Waals surface area contributed by atoms with Crippen LogP contribution in [0.3, 0.4) is 0 Å². The molecule has 0 aromatic rings. The van der Waals surface area contributed by atoms with E-state index >= 15 is 0 Å². The fourth-order valence-corrected chi connectivity index (χ4v) is 7.33. The average molecular weight is 305 g/mol. The van der Waals surface area contributed by atoms with Crippen molar-refractivity contribution in [1.82, 2.24) is 0 Å². The lowest BCUT2D eigenvalue weighted by Gasteiger charge is -2.44. The van der Waals surface area contributed by atoms with Crippen molar-refractivity contribution in [2.75, 3.05) is 0 Å². The predicted octanol–water partition coefficient (Wildman–Crippen LogP) is 5.78. The second-order valence-electron chi connectivity index (χ2n) is 9.83. The minimum atomic E-state index is 0.0944. The van der Waals surface area contributed by atoms with Crippen LogP contribution in [0, 0.1) is 21.7 Å². The van der Waals surface area contributed by atoms with Crippen LogP contribution in [0.4, 0.5) is 0 Å². The SMILES string of the molecule is CC1(C2(C3(C)CC3)N=NC(C3(C)CC3)(C3(C)CC3)S2)CC1. The van der Waals surface area contributed by atoms with Crippen LogP contribution in [0.2, 0.25) is 0 Å². The van der Waals surface area contributed by atoms with E-state index in [0.29, 0.717) is 21.7 Å². The summed E-state index contributed by atoms with van der Waals surface area (Å²) in [5.74, 6) is 0. The zero-order valence-corrected chi connectivity index (χ0v) is 14.8. The highest BCUT2D eigenvalue weighted by Gasteiger charge is 2.80. The van der Waals surface area contributed by atoms with Gasteiger partial charge in [0.05, 0.1) is 0 Å². The Labute approximate surface area is 132 Å². The van der Waals surface area contributed by atoms with E-state index in [1.807, 2.05) is 0 Å². The zero-order chi connectivity index (χ0) is 14.8. The lowest BCUT2D eigenvalue weighted by Crippen LogP contribution is -2.46. The van der Waals surface area contributed by atoms with Gasteiger partial charge in [0.15, 0.2) is 0 Å². The summed E-state index contributed by atoms with van der Waals surface area (Å²) in [6.45, 7) is 9.96. The first-order valence-corrected chi connectivity index (χ1v) is 9.70. The Kier molecular flexibility index (Phi) is 2.07. The van der Waals surface area contributed by atoms with Gasteiger partial charge in [0.25, 0.3) is 0 Å². The standard InChI is InChI=1S/C18H28N2S/c1-13(5-6-13)17(14(2)7-8-14)19-20-18(21-17,15(3)9-10-15)16(4)11-12-16/h5-12H2,1-4H3. The molecule has 4 fully saturated rings. The topological polar surface area (TPSA) is 24.7 Å². The Balaban J connectivity index is 1.62. The Morgan fingerprint density at radius 2 is 0.762 bits per heavy atom. The minimum absolute atomic E-state index is 0.0944. The van der Waals surface area contributed by atoms with Crippen LogP contribution in [-0.4, -0.2) is 9.74 Å². The molecule has 4 saturated carbocycles. The highest BCUT2D eigenvalue weighted by Crippen LogP contribution is 2.84. The number of azo groups is 1. The number of hydrogen-bond donors (Lipinski definition) is 0. The third kappa shape index (κ3) is 1.35. The predicted molar refractivity (Wildman–Crippen MR) is 87.3 cm³/mol. The molecule has 5 aliphatic rings. The lowest BCUT2D eigenvalue weighted by atomic mass is 9.85. The highest BCUT2D eigenvalue weighted by atomic mass is 32.2. The molecule has 1 heterocycles. The summed E-state index contributed by atoms with van der Waals surface area (Å²) < 4.78 is 0. The quantitative estimate of drug-likeness (QED) is 0.646. The second-order valence-corrected chi connectivity index (χ2v) is 11.2. The molecule has 4 aliphatic carbocycles. The molecule has 0 bridgehead atoms. The minimum Gasteiger partial charge on any atom is -0.174 e. The van der Waals surface area contributed by atoms with Gasteiger partial charge in [-0.15, -0.1) is 0 Å². The molecule has 0 atom stereocenters. The summed E-state index contributed by atoms with van der Waals surface area (Å²) >= 11 is 2.25. The van der Waals surface area contributed by atoms with E-state index in [9.17, 15) is 0 Å². The molecule has 0 aromatic heterocycles. The third-order valence-corrected chi connectivity index (χ3v) is 10.6. The molecule has 1 aliphatic heterocycles. The van der Waals surface area contributed by atoms with Crippen molar-refractivity contribution in [2.24, 2.45) is 31.9 Å². The van der Waals surface area contributed by atoms with Gasteiger partial charge in [-0.1, -0.05) is 39.5 Å². The van der Waals surface area contributed by atoms with Gasteiger partial charge in [-0.25, -0.2) is 0 Å². The normalized spacial score (nSPS) is 39.8. The van der Waals surface area contributed by atoms with Crippen molar-refractivity contribution in [2.45, 2.75) is 88.8 Å². The van der Waals surface area contributed by atoms with E-state index < -0.39 is 0 Å². The van der Waals surface area contributed by atoms with E-state index in [4.69, 9.17) is 10.2 Å². The Hall–Kier alpha value is -0.0500. The molecule has 116 valence electrons. The maximum Gasteiger partial charge on any atom is 0.140 e. The van der Waals surface area contributed by atoms with Crippen LogP contribution >= 0.6 is 11.8 Å². The van der Waals surface area contributed by atoms with Gasteiger partial charge in [0, 0.05) is 21.7 Å². The maximum absolute atomic E-state index is 5.19. The molecule has 3 heteroatoms. The van der Waals surface area contributed by atoms with Gasteiger partial charge in [0.2, 0.25) is 0 Å². The molecule has 0 spiro atoms. The van der Waals surface area contributed by atoms with Gasteiger partial charge in [-0.3, -0.25) is 0 Å². The number of nitrogens with zero attached hydrogens (tertiary/aromatic N) is 2. The van der Waals surface area contributed by atoms with Gasteiger partial charge in [-0.05, 0) is 51.4 Å². The Bertz CT molecular complexity index is 464. The summed E-state index contributed by atoms with van der Waals surface area (Å²) in [5.41, 5.74) is 1.69. The van der Waals surface area contributed by atoms with Crippen molar-refractivity contribution in [1.29, 1.82) is 0 Å². The molecular weight excluding hydrogens is 276 g/mol. The Morgan fingerprint density at radius 3 is 0.952 bits per heavy atom. The van der Waals surface area contributed by atoms with Gasteiger partial charge < -0.3 is 0 Å². The molecule has 0 amide bonds. The number of hydrogen-bond acceptors (Lipinski definition) is 3.